The molecule has 2 aromatic heterocycles. The SMILES string of the molecule is C=Cc1ccc2c(N(/C(=C/C=C\C)c3cc4cccc(C)c4o3)c3cc(C)ccc3C)ccc3c2c1/C(=C/N(c1cc(C)ccc1C)c1cccc2c1oc1c(C)cccc12)C=CC3. The van der Waals surface area contributed by atoms with Crippen LogP contribution in [0.1, 0.15) is 62.8 Å². The molecule has 9 aromatic rings. The van der Waals surface area contributed by atoms with Crippen LogP contribution in [0.3, 0.4) is 0 Å². The second-order valence-corrected chi connectivity index (χ2v) is 17.3. The van der Waals surface area contributed by atoms with Crippen molar-refractivity contribution in [1.82, 2.24) is 0 Å². The first-order chi connectivity index (χ1) is 31.1. The summed E-state index contributed by atoms with van der Waals surface area (Å²) in [5.41, 5.74) is 19.3. The number of fused-ring (bicyclic) bond motifs is 4. The average molecular weight is 833 g/mol. The number of para-hydroxylation sites is 3. The fourth-order valence-electron chi connectivity index (χ4n) is 9.53. The number of hydrogen-bond acceptors (Lipinski definition) is 4. The van der Waals surface area contributed by atoms with E-state index < -0.39 is 0 Å². The van der Waals surface area contributed by atoms with Crippen molar-refractivity contribution in [2.45, 2.75) is 54.9 Å². The maximum absolute atomic E-state index is 6.85. The van der Waals surface area contributed by atoms with E-state index in [1.807, 2.05) is 6.08 Å². The number of rotatable bonds is 9. The van der Waals surface area contributed by atoms with Gasteiger partial charge in [0.05, 0.1) is 17.1 Å². The molecule has 0 radical (unpaired) electrons. The Hall–Kier alpha value is -7.56. The van der Waals surface area contributed by atoms with Gasteiger partial charge in [0, 0.05) is 39.1 Å². The summed E-state index contributed by atoms with van der Waals surface area (Å²) in [7, 11) is 0. The van der Waals surface area contributed by atoms with Crippen molar-refractivity contribution in [3.05, 3.63) is 220 Å². The number of anilines is 4. The van der Waals surface area contributed by atoms with Crippen LogP contribution in [-0.4, -0.2) is 0 Å². The molecule has 0 atom stereocenters. The highest BCUT2D eigenvalue weighted by Crippen LogP contribution is 2.47. The number of furan rings is 2. The third-order valence-electron chi connectivity index (χ3n) is 12.8. The fraction of sp³-hybridized carbons (Fsp3) is 0.133. The molecule has 0 fully saturated rings. The molecule has 1 aliphatic rings. The van der Waals surface area contributed by atoms with Crippen molar-refractivity contribution in [3.63, 3.8) is 0 Å². The predicted octanol–water partition coefficient (Wildman–Crippen LogP) is 17.0. The largest absolute Gasteiger partial charge is 0.454 e. The van der Waals surface area contributed by atoms with Crippen LogP contribution in [0.4, 0.5) is 22.7 Å². The van der Waals surface area contributed by atoms with Crippen LogP contribution in [0.15, 0.2) is 173 Å². The second kappa shape index (κ2) is 16.3. The zero-order valence-electron chi connectivity index (χ0n) is 37.7. The van der Waals surface area contributed by atoms with Crippen molar-refractivity contribution in [2.24, 2.45) is 0 Å². The van der Waals surface area contributed by atoms with Gasteiger partial charge in [0.1, 0.15) is 11.2 Å². The number of aryl methyl sites for hydroxylation is 6. The molecule has 4 heteroatoms. The first-order valence-corrected chi connectivity index (χ1v) is 22.2. The zero-order valence-corrected chi connectivity index (χ0v) is 37.7. The van der Waals surface area contributed by atoms with E-state index in [2.05, 4.69) is 223 Å². The zero-order chi connectivity index (χ0) is 44.2. The molecule has 314 valence electrons. The van der Waals surface area contributed by atoms with Crippen LogP contribution >= 0.6 is 0 Å². The molecule has 0 spiro atoms. The highest BCUT2D eigenvalue weighted by atomic mass is 16.3. The van der Waals surface area contributed by atoms with E-state index in [4.69, 9.17) is 8.83 Å². The lowest BCUT2D eigenvalue weighted by Gasteiger charge is -2.31. The van der Waals surface area contributed by atoms with Gasteiger partial charge in [-0.1, -0.05) is 128 Å². The van der Waals surface area contributed by atoms with Gasteiger partial charge in [0.15, 0.2) is 11.3 Å². The van der Waals surface area contributed by atoms with Crippen LogP contribution in [0.2, 0.25) is 0 Å². The van der Waals surface area contributed by atoms with E-state index in [1.165, 1.54) is 27.6 Å². The minimum absolute atomic E-state index is 0.775. The molecule has 0 bridgehead atoms. The Morgan fingerprint density at radius 1 is 0.609 bits per heavy atom. The molecule has 0 amide bonds. The highest BCUT2D eigenvalue weighted by Gasteiger charge is 2.27. The van der Waals surface area contributed by atoms with E-state index in [0.29, 0.717) is 0 Å². The quantitative estimate of drug-likeness (QED) is 0.136. The van der Waals surface area contributed by atoms with Crippen molar-refractivity contribution >= 4 is 83.8 Å². The summed E-state index contributed by atoms with van der Waals surface area (Å²) >= 11 is 0. The summed E-state index contributed by atoms with van der Waals surface area (Å²) in [5, 5.41) is 5.63. The van der Waals surface area contributed by atoms with Gasteiger partial charge in [-0.05, 0) is 152 Å². The Balaban J connectivity index is 1.26. The molecule has 0 aliphatic heterocycles. The summed E-state index contributed by atoms with van der Waals surface area (Å²) in [4.78, 5) is 4.74. The van der Waals surface area contributed by atoms with Crippen molar-refractivity contribution in [1.29, 1.82) is 0 Å². The van der Waals surface area contributed by atoms with Gasteiger partial charge < -0.3 is 18.6 Å². The fourth-order valence-corrected chi connectivity index (χ4v) is 9.53. The molecule has 0 unspecified atom stereocenters. The standard InChI is InChI=1S/C60H52N2O2/c1-9-11-23-51(55-35-45-19-12-16-41(7)58(45)63-55)62(54-34-38(4)26-28-40(54)6)50-32-30-44-18-14-20-46(56-43(10-2)29-31-49(50)57(44)56)36-61(53-33-37(3)25-27-39(53)5)52-24-15-22-48-47-21-13-17-42(8)59(47)64-60(48)52/h9-17,19-36H,2,18H2,1,3-8H3/b11-9-,46-36+,51-23+. The number of benzene rings is 7. The van der Waals surface area contributed by atoms with Gasteiger partial charge >= 0.3 is 0 Å². The minimum atomic E-state index is 0.775. The molecular weight excluding hydrogens is 781 g/mol. The molecule has 1 aliphatic carbocycles. The monoisotopic (exact) mass is 832 g/mol. The van der Waals surface area contributed by atoms with E-state index in [-0.39, 0.29) is 0 Å². The van der Waals surface area contributed by atoms with Crippen molar-refractivity contribution < 1.29 is 8.83 Å². The van der Waals surface area contributed by atoms with Crippen LogP contribution < -0.4 is 9.80 Å². The first-order valence-electron chi connectivity index (χ1n) is 22.2. The van der Waals surface area contributed by atoms with Crippen LogP contribution in [-0.2, 0) is 6.42 Å². The number of allylic oxidation sites excluding steroid dienone is 6. The van der Waals surface area contributed by atoms with Crippen molar-refractivity contribution in [3.8, 4) is 0 Å². The summed E-state index contributed by atoms with van der Waals surface area (Å²) in [6, 6.07) is 43.9. The average Bonchev–Trinajstić information content (AvgIpc) is 3.87. The summed E-state index contributed by atoms with van der Waals surface area (Å²) in [6.45, 7) is 19.4. The highest BCUT2D eigenvalue weighted by molar-refractivity contribution is 6.13. The Morgan fingerprint density at radius 3 is 2.06 bits per heavy atom. The molecule has 0 N–H and O–H groups in total. The van der Waals surface area contributed by atoms with Gasteiger partial charge in [-0.2, -0.15) is 0 Å². The lowest BCUT2D eigenvalue weighted by molar-refractivity contribution is 0.595. The van der Waals surface area contributed by atoms with Gasteiger partial charge in [-0.3, -0.25) is 0 Å². The van der Waals surface area contributed by atoms with E-state index in [1.54, 1.807) is 0 Å². The second-order valence-electron chi connectivity index (χ2n) is 17.3. The maximum atomic E-state index is 6.85. The van der Waals surface area contributed by atoms with Gasteiger partial charge in [-0.25, -0.2) is 0 Å². The Morgan fingerprint density at radius 2 is 1.31 bits per heavy atom. The molecule has 0 saturated heterocycles. The van der Waals surface area contributed by atoms with E-state index in [9.17, 15) is 0 Å². The molecule has 2 heterocycles. The number of hydrogen-bond donors (Lipinski definition) is 0. The lowest BCUT2D eigenvalue weighted by Crippen LogP contribution is -2.17. The molecule has 4 nitrogen and oxygen atoms in total. The third kappa shape index (κ3) is 6.87. The third-order valence-corrected chi connectivity index (χ3v) is 12.8. The van der Waals surface area contributed by atoms with Gasteiger partial charge in [0.2, 0.25) is 0 Å². The number of nitrogens with zero attached hydrogens (tertiary/aromatic N) is 2. The lowest BCUT2D eigenvalue weighted by atomic mass is 9.90. The van der Waals surface area contributed by atoms with Crippen LogP contribution in [0.25, 0.3) is 61.0 Å². The maximum Gasteiger partial charge on any atom is 0.159 e. The summed E-state index contributed by atoms with van der Waals surface area (Å²) < 4.78 is 13.7. The molecular formula is C60H52N2O2. The van der Waals surface area contributed by atoms with Crippen LogP contribution in [0.5, 0.6) is 0 Å². The molecule has 7 aromatic carbocycles. The predicted molar refractivity (Wildman–Crippen MR) is 273 cm³/mol. The van der Waals surface area contributed by atoms with Gasteiger partial charge in [-0.15, -0.1) is 0 Å². The minimum Gasteiger partial charge on any atom is -0.454 e. The van der Waals surface area contributed by atoms with Crippen molar-refractivity contribution in [2.75, 3.05) is 9.80 Å². The first kappa shape index (κ1) is 40.5. The Bertz CT molecular complexity index is 3470. The smallest absolute Gasteiger partial charge is 0.159 e. The topological polar surface area (TPSA) is 32.8 Å². The van der Waals surface area contributed by atoms with E-state index in [0.717, 1.165) is 112 Å². The Kier molecular flexibility index (Phi) is 10.3. The molecule has 10 rings (SSSR count). The van der Waals surface area contributed by atoms with Gasteiger partial charge in [0.25, 0.3) is 0 Å². The summed E-state index contributed by atoms with van der Waals surface area (Å²) in [6.07, 6.45) is 16.0. The normalized spacial score (nSPS) is 13.5. The molecule has 64 heavy (non-hydrogen) atoms. The Labute approximate surface area is 376 Å². The molecule has 0 saturated carbocycles. The summed E-state index contributed by atoms with van der Waals surface area (Å²) in [5.74, 6) is 0.800. The van der Waals surface area contributed by atoms with E-state index >= 15 is 0 Å². The van der Waals surface area contributed by atoms with Crippen LogP contribution in [0, 0.1) is 41.5 Å².